The number of benzene rings is 1. The van der Waals surface area contributed by atoms with Gasteiger partial charge in [0.2, 0.25) is 0 Å². The summed E-state index contributed by atoms with van der Waals surface area (Å²) in [7, 11) is 0. The molecule has 1 aromatic heterocycles. The lowest BCUT2D eigenvalue weighted by atomic mass is 10.2. The van der Waals surface area contributed by atoms with Crippen molar-refractivity contribution in [2.24, 2.45) is 0 Å². The van der Waals surface area contributed by atoms with Gasteiger partial charge in [-0.25, -0.2) is 9.37 Å². The van der Waals surface area contributed by atoms with Gasteiger partial charge in [0.1, 0.15) is 0 Å². The molecule has 2 aromatic rings. The van der Waals surface area contributed by atoms with Crippen LogP contribution in [-0.4, -0.2) is 16.2 Å². The number of ether oxygens (including phenoxy) is 1. The van der Waals surface area contributed by atoms with E-state index in [1.807, 2.05) is 18.4 Å². The predicted molar refractivity (Wildman–Crippen MR) is 73.0 cm³/mol. The molecule has 0 amide bonds. The Hall–Kier alpha value is -2.18. The Morgan fingerprint density at radius 2 is 2.10 bits per heavy atom. The van der Waals surface area contributed by atoms with Crippen molar-refractivity contribution in [2.75, 3.05) is 5.32 Å². The molecule has 0 atom stereocenters. The van der Waals surface area contributed by atoms with Gasteiger partial charge in [0.15, 0.2) is 11.6 Å². The molecule has 0 aliphatic heterocycles. The highest BCUT2D eigenvalue weighted by molar-refractivity contribution is 5.47. The predicted octanol–water partition coefficient (Wildman–Crippen LogP) is 3.82. The number of halogens is 3. The molecule has 1 heterocycles. The zero-order valence-corrected chi connectivity index (χ0v) is 11.7. The summed E-state index contributed by atoms with van der Waals surface area (Å²) in [4.78, 5) is 4.07. The van der Waals surface area contributed by atoms with Crippen LogP contribution in [0.15, 0.2) is 30.7 Å². The molecule has 1 aromatic carbocycles. The fourth-order valence-corrected chi connectivity index (χ4v) is 1.93. The highest BCUT2D eigenvalue weighted by Crippen LogP contribution is 2.23. The van der Waals surface area contributed by atoms with Gasteiger partial charge in [-0.1, -0.05) is 0 Å². The third kappa shape index (κ3) is 3.90. The summed E-state index contributed by atoms with van der Waals surface area (Å²) in [6.45, 7) is 1.47. The number of alkyl halides is 2. The van der Waals surface area contributed by atoms with E-state index in [4.69, 9.17) is 0 Å². The number of imidazole rings is 1. The van der Waals surface area contributed by atoms with Crippen LogP contribution in [0.2, 0.25) is 0 Å². The van der Waals surface area contributed by atoms with E-state index in [0.29, 0.717) is 12.2 Å². The summed E-state index contributed by atoms with van der Waals surface area (Å²) in [6, 6.07) is 4.04. The first-order valence-corrected chi connectivity index (χ1v) is 6.46. The summed E-state index contributed by atoms with van der Waals surface area (Å²) in [5, 5.41) is 3.02. The molecule has 0 spiro atoms. The summed E-state index contributed by atoms with van der Waals surface area (Å²) < 4.78 is 43.7. The Labute approximate surface area is 120 Å². The molecule has 2 rings (SSSR count). The second kappa shape index (κ2) is 6.51. The lowest BCUT2D eigenvalue weighted by Crippen LogP contribution is -2.09. The van der Waals surface area contributed by atoms with E-state index in [9.17, 15) is 13.2 Å². The standard InChI is InChI=1S/C14H16F3N3O/c1-9(2)20-8-18-6-11(20)7-19-10-3-4-13(12(15)5-10)21-14(16)17/h3-6,8-9,14,19H,7H2,1-2H3. The van der Waals surface area contributed by atoms with E-state index in [1.165, 1.54) is 12.1 Å². The molecule has 0 aliphatic rings. The van der Waals surface area contributed by atoms with Crippen LogP contribution in [0, 0.1) is 5.82 Å². The van der Waals surface area contributed by atoms with Crippen LogP contribution in [0.3, 0.4) is 0 Å². The number of anilines is 1. The first kappa shape index (κ1) is 15.2. The average molecular weight is 299 g/mol. The minimum absolute atomic E-state index is 0.267. The maximum Gasteiger partial charge on any atom is 0.387 e. The smallest absolute Gasteiger partial charge is 0.387 e. The van der Waals surface area contributed by atoms with E-state index >= 15 is 0 Å². The number of hydrogen-bond acceptors (Lipinski definition) is 3. The van der Waals surface area contributed by atoms with Crippen LogP contribution in [0.1, 0.15) is 25.6 Å². The first-order chi connectivity index (χ1) is 9.97. The fourth-order valence-electron chi connectivity index (χ4n) is 1.93. The maximum absolute atomic E-state index is 13.6. The van der Waals surface area contributed by atoms with Crippen LogP contribution in [-0.2, 0) is 6.54 Å². The fraction of sp³-hybridized carbons (Fsp3) is 0.357. The van der Waals surface area contributed by atoms with Crippen molar-refractivity contribution in [3.8, 4) is 5.75 Å². The molecule has 21 heavy (non-hydrogen) atoms. The van der Waals surface area contributed by atoms with Gasteiger partial charge in [-0.2, -0.15) is 8.78 Å². The normalized spacial score (nSPS) is 11.2. The minimum atomic E-state index is -3.04. The van der Waals surface area contributed by atoms with Gasteiger partial charge in [-0.3, -0.25) is 0 Å². The summed E-state index contributed by atoms with van der Waals surface area (Å²) >= 11 is 0. The first-order valence-electron chi connectivity index (χ1n) is 6.46. The molecule has 0 bridgehead atoms. The van der Waals surface area contributed by atoms with E-state index in [1.54, 1.807) is 12.5 Å². The summed E-state index contributed by atoms with van der Waals surface area (Å²) in [6.07, 6.45) is 3.44. The van der Waals surface area contributed by atoms with Gasteiger partial charge in [0.05, 0.1) is 18.6 Å². The van der Waals surface area contributed by atoms with E-state index in [2.05, 4.69) is 15.0 Å². The molecule has 0 saturated carbocycles. The van der Waals surface area contributed by atoms with Crippen LogP contribution in [0.4, 0.5) is 18.9 Å². The number of nitrogens with one attached hydrogen (secondary N) is 1. The highest BCUT2D eigenvalue weighted by Gasteiger charge is 2.11. The molecule has 0 radical (unpaired) electrons. The van der Waals surface area contributed by atoms with Crippen LogP contribution in [0.5, 0.6) is 5.75 Å². The van der Waals surface area contributed by atoms with Crippen LogP contribution in [0.25, 0.3) is 0 Å². The largest absolute Gasteiger partial charge is 0.432 e. The minimum Gasteiger partial charge on any atom is -0.432 e. The quantitative estimate of drug-likeness (QED) is 0.881. The summed E-state index contributed by atoms with van der Waals surface area (Å²) in [5.41, 5.74) is 1.42. The number of hydrogen-bond donors (Lipinski definition) is 1. The molecular weight excluding hydrogens is 283 g/mol. The van der Waals surface area contributed by atoms with Crippen molar-refractivity contribution in [1.29, 1.82) is 0 Å². The van der Waals surface area contributed by atoms with Gasteiger partial charge in [0, 0.05) is 24.0 Å². The Kier molecular flexibility index (Phi) is 4.72. The van der Waals surface area contributed by atoms with E-state index in [0.717, 1.165) is 11.8 Å². The van der Waals surface area contributed by atoms with E-state index < -0.39 is 18.2 Å². The summed E-state index contributed by atoms with van der Waals surface area (Å²) in [5.74, 6) is -1.31. The Balaban J connectivity index is 2.03. The second-order valence-corrected chi connectivity index (χ2v) is 4.76. The molecule has 0 fully saturated rings. The van der Waals surface area contributed by atoms with Gasteiger partial charge in [0.25, 0.3) is 0 Å². The second-order valence-electron chi connectivity index (χ2n) is 4.76. The van der Waals surface area contributed by atoms with Crippen molar-refractivity contribution in [3.63, 3.8) is 0 Å². The zero-order valence-electron chi connectivity index (χ0n) is 11.7. The number of aromatic nitrogens is 2. The molecular formula is C14H16F3N3O. The molecule has 0 unspecified atom stereocenters. The maximum atomic E-state index is 13.6. The average Bonchev–Trinajstić information content (AvgIpc) is 2.87. The number of rotatable bonds is 6. The SMILES string of the molecule is CC(C)n1cncc1CNc1ccc(OC(F)F)c(F)c1. The third-order valence-electron chi connectivity index (χ3n) is 2.92. The molecule has 0 aliphatic carbocycles. The molecule has 1 N–H and O–H groups in total. The van der Waals surface area contributed by atoms with E-state index in [-0.39, 0.29) is 6.04 Å². The molecule has 0 saturated heterocycles. The van der Waals surface area contributed by atoms with Crippen molar-refractivity contribution >= 4 is 5.69 Å². The van der Waals surface area contributed by atoms with Gasteiger partial charge < -0.3 is 14.6 Å². The van der Waals surface area contributed by atoms with Crippen LogP contribution >= 0.6 is 0 Å². The zero-order chi connectivity index (χ0) is 15.4. The lowest BCUT2D eigenvalue weighted by molar-refractivity contribution is -0.0521. The van der Waals surface area contributed by atoms with Crippen molar-refractivity contribution in [2.45, 2.75) is 33.0 Å². The Morgan fingerprint density at radius 1 is 1.33 bits per heavy atom. The molecule has 114 valence electrons. The lowest BCUT2D eigenvalue weighted by Gasteiger charge is -2.13. The number of nitrogens with zero attached hydrogens (tertiary/aromatic N) is 2. The van der Waals surface area contributed by atoms with Crippen molar-refractivity contribution < 1.29 is 17.9 Å². The molecule has 7 heteroatoms. The third-order valence-corrected chi connectivity index (χ3v) is 2.92. The van der Waals surface area contributed by atoms with Crippen LogP contribution < -0.4 is 10.1 Å². The monoisotopic (exact) mass is 299 g/mol. The Bertz CT molecular complexity index is 599. The highest BCUT2D eigenvalue weighted by atomic mass is 19.3. The Morgan fingerprint density at radius 3 is 2.71 bits per heavy atom. The van der Waals surface area contributed by atoms with Gasteiger partial charge >= 0.3 is 6.61 Å². The van der Waals surface area contributed by atoms with Crippen molar-refractivity contribution in [3.05, 3.63) is 42.2 Å². The van der Waals surface area contributed by atoms with Crippen molar-refractivity contribution in [1.82, 2.24) is 9.55 Å². The van der Waals surface area contributed by atoms with Gasteiger partial charge in [-0.15, -0.1) is 0 Å². The topological polar surface area (TPSA) is 39.1 Å². The molecule has 4 nitrogen and oxygen atoms in total. The van der Waals surface area contributed by atoms with Gasteiger partial charge in [-0.05, 0) is 26.0 Å².